The summed E-state index contributed by atoms with van der Waals surface area (Å²) in [5, 5.41) is 2.66. The summed E-state index contributed by atoms with van der Waals surface area (Å²) in [4.78, 5) is 25.6. The first-order valence-corrected chi connectivity index (χ1v) is 7.93. The third kappa shape index (κ3) is 5.18. The predicted octanol–water partition coefficient (Wildman–Crippen LogP) is 2.84. The molecule has 0 radical (unpaired) electrons. The Morgan fingerprint density at radius 2 is 2.22 bits per heavy atom. The maximum atomic E-state index is 13.1. The van der Waals surface area contributed by atoms with Gasteiger partial charge in [-0.1, -0.05) is 18.0 Å². The van der Waals surface area contributed by atoms with Crippen molar-refractivity contribution in [3.63, 3.8) is 0 Å². The monoisotopic (exact) mass is 342 g/mol. The highest BCUT2D eigenvalue weighted by atomic mass is 35.5. The molecule has 1 unspecified atom stereocenters. The number of amides is 1. The molecule has 0 bridgehead atoms. The van der Waals surface area contributed by atoms with Crippen LogP contribution in [0.1, 0.15) is 25.7 Å². The van der Waals surface area contributed by atoms with Gasteiger partial charge in [-0.2, -0.15) is 0 Å². The molecule has 7 heteroatoms. The minimum Gasteiger partial charge on any atom is -0.469 e. The molecule has 126 valence electrons. The summed E-state index contributed by atoms with van der Waals surface area (Å²) in [6.07, 6.45) is 3.18. The smallest absolute Gasteiger partial charge is 0.307 e. The van der Waals surface area contributed by atoms with E-state index >= 15 is 0 Å². The molecule has 1 atom stereocenters. The molecular formula is C16H20ClFN2O3. The van der Waals surface area contributed by atoms with Gasteiger partial charge in [0.05, 0.1) is 25.1 Å². The summed E-state index contributed by atoms with van der Waals surface area (Å²) in [7, 11) is 1.36. The van der Waals surface area contributed by atoms with E-state index in [0.29, 0.717) is 5.69 Å². The molecule has 1 aliphatic rings. The molecule has 1 aromatic rings. The van der Waals surface area contributed by atoms with Crippen LogP contribution in [-0.4, -0.2) is 43.0 Å². The zero-order chi connectivity index (χ0) is 16.8. The van der Waals surface area contributed by atoms with Crippen LogP contribution in [0.4, 0.5) is 10.1 Å². The number of halogens is 2. The van der Waals surface area contributed by atoms with Crippen LogP contribution >= 0.6 is 11.6 Å². The fourth-order valence-electron chi connectivity index (χ4n) is 2.73. The van der Waals surface area contributed by atoms with Gasteiger partial charge >= 0.3 is 5.97 Å². The lowest BCUT2D eigenvalue weighted by atomic mass is 9.99. The second kappa shape index (κ2) is 8.26. The van der Waals surface area contributed by atoms with E-state index in [-0.39, 0.29) is 35.9 Å². The maximum Gasteiger partial charge on any atom is 0.307 e. The fourth-order valence-corrected chi connectivity index (χ4v) is 2.91. The van der Waals surface area contributed by atoms with E-state index in [1.54, 1.807) is 0 Å². The molecule has 5 nitrogen and oxygen atoms in total. The van der Waals surface area contributed by atoms with Crippen molar-refractivity contribution in [3.8, 4) is 0 Å². The number of piperidine rings is 1. The molecule has 1 aromatic carbocycles. The molecule has 2 rings (SSSR count). The first-order chi connectivity index (χ1) is 11.0. The molecule has 23 heavy (non-hydrogen) atoms. The van der Waals surface area contributed by atoms with Crippen LogP contribution in [0.5, 0.6) is 0 Å². The largest absolute Gasteiger partial charge is 0.469 e. The number of methoxy groups -OCH3 is 1. The van der Waals surface area contributed by atoms with E-state index in [9.17, 15) is 14.0 Å². The van der Waals surface area contributed by atoms with Crippen LogP contribution in [-0.2, 0) is 14.3 Å². The second-order valence-electron chi connectivity index (χ2n) is 5.58. The lowest BCUT2D eigenvalue weighted by molar-refractivity contribution is -0.142. The zero-order valence-electron chi connectivity index (χ0n) is 13.0. The van der Waals surface area contributed by atoms with E-state index in [4.69, 9.17) is 16.3 Å². The van der Waals surface area contributed by atoms with Crippen LogP contribution in [0.15, 0.2) is 18.2 Å². The molecule has 1 saturated heterocycles. The van der Waals surface area contributed by atoms with Crippen molar-refractivity contribution < 1.29 is 18.7 Å². The number of carbonyl (C=O) groups is 2. The number of carbonyl (C=O) groups excluding carboxylic acids is 2. The quantitative estimate of drug-likeness (QED) is 0.836. The number of nitrogens with zero attached hydrogens (tertiary/aromatic N) is 1. The topological polar surface area (TPSA) is 58.6 Å². The van der Waals surface area contributed by atoms with Gasteiger partial charge in [0.25, 0.3) is 0 Å². The second-order valence-corrected chi connectivity index (χ2v) is 5.98. The van der Waals surface area contributed by atoms with E-state index in [0.717, 1.165) is 25.8 Å². The zero-order valence-corrected chi connectivity index (χ0v) is 13.7. The molecule has 0 spiro atoms. The number of likely N-dealkylation sites (tertiary alicyclic amines) is 1. The Morgan fingerprint density at radius 3 is 2.91 bits per heavy atom. The average Bonchev–Trinajstić information content (AvgIpc) is 2.52. The number of anilines is 1. The van der Waals surface area contributed by atoms with Crippen LogP contribution in [0.2, 0.25) is 5.02 Å². The highest BCUT2D eigenvalue weighted by molar-refractivity contribution is 6.31. The van der Waals surface area contributed by atoms with Crippen LogP contribution in [0.25, 0.3) is 0 Å². The van der Waals surface area contributed by atoms with Gasteiger partial charge in [-0.05, 0) is 37.6 Å². The molecule has 0 aliphatic carbocycles. The van der Waals surface area contributed by atoms with Gasteiger partial charge in [0, 0.05) is 11.7 Å². The molecule has 0 aromatic heterocycles. The van der Waals surface area contributed by atoms with Crippen molar-refractivity contribution >= 4 is 29.2 Å². The number of rotatable bonds is 5. The molecule has 1 fully saturated rings. The number of benzene rings is 1. The summed E-state index contributed by atoms with van der Waals surface area (Å²) < 4.78 is 17.8. The Hall–Kier alpha value is -1.66. The van der Waals surface area contributed by atoms with Gasteiger partial charge < -0.3 is 10.1 Å². The maximum absolute atomic E-state index is 13.1. The van der Waals surface area contributed by atoms with Crippen LogP contribution in [0, 0.1) is 5.82 Å². The fraction of sp³-hybridized carbons (Fsp3) is 0.500. The molecule has 1 N–H and O–H groups in total. The number of nitrogens with one attached hydrogen (secondary N) is 1. The van der Waals surface area contributed by atoms with Crippen molar-refractivity contribution in [2.45, 2.75) is 31.7 Å². The van der Waals surface area contributed by atoms with Crippen molar-refractivity contribution in [1.82, 2.24) is 4.90 Å². The SMILES string of the molecule is COC(=O)CC1CCCCN1CC(=O)Nc1ccc(F)c(Cl)c1. The van der Waals surface area contributed by atoms with Crippen molar-refractivity contribution in [1.29, 1.82) is 0 Å². The minimum atomic E-state index is -0.529. The lowest BCUT2D eigenvalue weighted by Gasteiger charge is -2.34. The van der Waals surface area contributed by atoms with Crippen molar-refractivity contribution in [2.75, 3.05) is 25.5 Å². The van der Waals surface area contributed by atoms with Gasteiger partial charge in [0.2, 0.25) is 5.91 Å². The first-order valence-electron chi connectivity index (χ1n) is 7.55. The molecular weight excluding hydrogens is 323 g/mol. The van der Waals surface area contributed by atoms with E-state index < -0.39 is 5.82 Å². The number of esters is 1. The van der Waals surface area contributed by atoms with Crippen LogP contribution in [0.3, 0.4) is 0 Å². The van der Waals surface area contributed by atoms with Crippen molar-refractivity contribution in [2.24, 2.45) is 0 Å². The Kier molecular flexibility index (Phi) is 6.36. The van der Waals surface area contributed by atoms with Crippen molar-refractivity contribution in [3.05, 3.63) is 29.0 Å². The summed E-state index contributed by atoms with van der Waals surface area (Å²) in [5.74, 6) is -1.02. The van der Waals surface area contributed by atoms with Gasteiger partial charge in [0.1, 0.15) is 5.82 Å². The Balaban J connectivity index is 1.93. The van der Waals surface area contributed by atoms with E-state index in [1.165, 1.54) is 25.3 Å². The summed E-state index contributed by atoms with van der Waals surface area (Å²) >= 11 is 5.70. The third-order valence-corrected chi connectivity index (χ3v) is 4.22. The Bertz CT molecular complexity index is 582. The molecule has 1 amide bonds. The third-order valence-electron chi connectivity index (χ3n) is 3.93. The molecule has 0 saturated carbocycles. The average molecular weight is 343 g/mol. The first kappa shape index (κ1) is 17.7. The van der Waals surface area contributed by atoms with Crippen LogP contribution < -0.4 is 5.32 Å². The van der Waals surface area contributed by atoms with Gasteiger partial charge in [-0.3, -0.25) is 14.5 Å². The Labute approximate surface area is 139 Å². The lowest BCUT2D eigenvalue weighted by Crippen LogP contribution is -2.45. The predicted molar refractivity (Wildman–Crippen MR) is 85.9 cm³/mol. The number of hydrogen-bond donors (Lipinski definition) is 1. The van der Waals surface area contributed by atoms with Gasteiger partial charge in [-0.25, -0.2) is 4.39 Å². The highest BCUT2D eigenvalue weighted by Gasteiger charge is 2.26. The number of ether oxygens (including phenoxy) is 1. The molecule has 1 heterocycles. The molecule has 1 aliphatic heterocycles. The normalized spacial score (nSPS) is 18.5. The van der Waals surface area contributed by atoms with Gasteiger partial charge in [-0.15, -0.1) is 0 Å². The highest BCUT2D eigenvalue weighted by Crippen LogP contribution is 2.21. The summed E-state index contributed by atoms with van der Waals surface area (Å²) in [6, 6.07) is 4.05. The summed E-state index contributed by atoms with van der Waals surface area (Å²) in [6.45, 7) is 0.940. The van der Waals surface area contributed by atoms with Gasteiger partial charge in [0.15, 0.2) is 0 Å². The van der Waals surface area contributed by atoms with E-state index in [1.807, 2.05) is 4.90 Å². The summed E-state index contributed by atoms with van der Waals surface area (Å²) in [5.41, 5.74) is 0.447. The Morgan fingerprint density at radius 1 is 1.43 bits per heavy atom. The standard InChI is InChI=1S/C16H20ClFN2O3/c1-23-16(22)9-12-4-2-3-7-20(12)10-15(21)19-11-5-6-14(18)13(17)8-11/h5-6,8,12H,2-4,7,9-10H2,1H3,(H,19,21). The number of hydrogen-bond acceptors (Lipinski definition) is 4. The van der Waals surface area contributed by atoms with E-state index in [2.05, 4.69) is 5.32 Å². The minimum absolute atomic E-state index is 0.0127.